The number of imidazole rings is 1. The summed E-state index contributed by atoms with van der Waals surface area (Å²) in [5.41, 5.74) is 1.18. The van der Waals surface area contributed by atoms with Crippen molar-refractivity contribution in [2.24, 2.45) is 0 Å². The number of aromatic nitrogens is 4. The SMILES string of the molecule is C[C@H](NC[C@@H]1CCCn2ccnc21)c1nc(Cc2ccccc2)no1. The van der Waals surface area contributed by atoms with Gasteiger partial charge in [-0.1, -0.05) is 35.5 Å². The Labute approximate surface area is 147 Å². The van der Waals surface area contributed by atoms with Gasteiger partial charge in [0.2, 0.25) is 5.89 Å². The highest BCUT2D eigenvalue weighted by Gasteiger charge is 2.23. The van der Waals surface area contributed by atoms with Gasteiger partial charge >= 0.3 is 0 Å². The van der Waals surface area contributed by atoms with Crippen LogP contribution in [0.25, 0.3) is 0 Å². The molecule has 1 aliphatic heterocycles. The van der Waals surface area contributed by atoms with Crippen LogP contribution in [0, 0.1) is 0 Å². The molecule has 6 heteroatoms. The third-order valence-electron chi connectivity index (χ3n) is 4.79. The Morgan fingerprint density at radius 3 is 3.08 bits per heavy atom. The number of hydrogen-bond donors (Lipinski definition) is 1. The third-order valence-corrected chi connectivity index (χ3v) is 4.79. The fraction of sp³-hybridized carbons (Fsp3) is 0.421. The van der Waals surface area contributed by atoms with E-state index in [0.717, 1.165) is 18.9 Å². The Kier molecular flexibility index (Phi) is 4.61. The van der Waals surface area contributed by atoms with Gasteiger partial charge in [0.1, 0.15) is 5.82 Å². The molecular weight excluding hydrogens is 314 g/mol. The summed E-state index contributed by atoms with van der Waals surface area (Å²) in [5, 5.41) is 7.64. The molecule has 25 heavy (non-hydrogen) atoms. The summed E-state index contributed by atoms with van der Waals surface area (Å²) in [6.07, 6.45) is 7.02. The molecular formula is C19H23N5O. The van der Waals surface area contributed by atoms with Crippen LogP contribution in [0.2, 0.25) is 0 Å². The first-order chi connectivity index (χ1) is 12.3. The highest BCUT2D eigenvalue weighted by atomic mass is 16.5. The summed E-state index contributed by atoms with van der Waals surface area (Å²) in [5.74, 6) is 2.99. The molecule has 3 aromatic rings. The van der Waals surface area contributed by atoms with Gasteiger partial charge in [-0.15, -0.1) is 0 Å². The van der Waals surface area contributed by atoms with E-state index in [1.165, 1.54) is 24.2 Å². The summed E-state index contributed by atoms with van der Waals surface area (Å²) in [7, 11) is 0. The van der Waals surface area contributed by atoms with E-state index < -0.39 is 0 Å². The van der Waals surface area contributed by atoms with Gasteiger partial charge in [0.25, 0.3) is 0 Å². The monoisotopic (exact) mass is 337 g/mol. The van der Waals surface area contributed by atoms with Crippen LogP contribution >= 0.6 is 0 Å². The first kappa shape index (κ1) is 16.0. The molecule has 0 fully saturated rings. The Morgan fingerprint density at radius 1 is 1.32 bits per heavy atom. The smallest absolute Gasteiger partial charge is 0.243 e. The zero-order valence-electron chi connectivity index (χ0n) is 14.4. The molecule has 0 amide bonds. The van der Waals surface area contributed by atoms with E-state index in [4.69, 9.17) is 4.52 Å². The van der Waals surface area contributed by atoms with Crippen molar-refractivity contribution in [1.82, 2.24) is 25.0 Å². The molecule has 6 nitrogen and oxygen atoms in total. The average molecular weight is 337 g/mol. The summed E-state index contributed by atoms with van der Waals surface area (Å²) in [6, 6.07) is 10.2. The van der Waals surface area contributed by atoms with E-state index in [2.05, 4.69) is 50.3 Å². The first-order valence-electron chi connectivity index (χ1n) is 8.90. The van der Waals surface area contributed by atoms with Gasteiger partial charge in [-0.25, -0.2) is 4.98 Å². The van der Waals surface area contributed by atoms with Gasteiger partial charge in [-0.3, -0.25) is 0 Å². The normalized spacial score (nSPS) is 18.0. The molecule has 2 atom stereocenters. The summed E-state index contributed by atoms with van der Waals surface area (Å²) < 4.78 is 7.70. The predicted octanol–water partition coefficient (Wildman–Crippen LogP) is 3.09. The summed E-state index contributed by atoms with van der Waals surface area (Å²) >= 11 is 0. The van der Waals surface area contributed by atoms with Gasteiger partial charge in [-0.2, -0.15) is 4.98 Å². The minimum absolute atomic E-state index is 0.0300. The third kappa shape index (κ3) is 3.64. The predicted molar refractivity (Wildman–Crippen MR) is 94.2 cm³/mol. The molecule has 1 aliphatic rings. The molecule has 2 aromatic heterocycles. The van der Waals surface area contributed by atoms with Crippen LogP contribution in [0.1, 0.15) is 54.8 Å². The van der Waals surface area contributed by atoms with Crippen LogP contribution in [0.4, 0.5) is 0 Å². The average Bonchev–Trinajstić information content (AvgIpc) is 3.30. The summed E-state index contributed by atoms with van der Waals surface area (Å²) in [4.78, 5) is 9.05. The van der Waals surface area contributed by atoms with Crippen LogP contribution in [0.5, 0.6) is 0 Å². The van der Waals surface area contributed by atoms with Crippen molar-refractivity contribution in [3.63, 3.8) is 0 Å². The standard InChI is InChI=1S/C19H23N5O/c1-14(21-13-16-8-5-10-24-11-9-20-18(16)24)19-22-17(23-25-19)12-15-6-3-2-4-7-15/h2-4,6-7,9,11,14,16,21H,5,8,10,12-13H2,1H3/t14-,16-/m0/s1. The van der Waals surface area contributed by atoms with E-state index in [1.807, 2.05) is 24.4 Å². The van der Waals surface area contributed by atoms with Crippen LogP contribution in [-0.4, -0.2) is 26.2 Å². The van der Waals surface area contributed by atoms with Crippen LogP contribution < -0.4 is 5.32 Å². The molecule has 0 aliphatic carbocycles. The second kappa shape index (κ2) is 7.19. The Morgan fingerprint density at radius 2 is 2.20 bits per heavy atom. The number of benzene rings is 1. The molecule has 1 N–H and O–H groups in total. The van der Waals surface area contributed by atoms with Crippen LogP contribution in [0.15, 0.2) is 47.2 Å². The van der Waals surface area contributed by atoms with Gasteiger partial charge in [0.05, 0.1) is 6.04 Å². The maximum atomic E-state index is 5.45. The second-order valence-corrected chi connectivity index (χ2v) is 6.66. The fourth-order valence-electron chi connectivity index (χ4n) is 3.40. The number of fused-ring (bicyclic) bond motifs is 1. The highest BCUT2D eigenvalue weighted by Crippen LogP contribution is 2.25. The largest absolute Gasteiger partial charge is 0.338 e. The van der Waals surface area contributed by atoms with Crippen molar-refractivity contribution in [3.05, 3.63) is 65.8 Å². The van der Waals surface area contributed by atoms with Gasteiger partial charge in [0, 0.05) is 37.8 Å². The molecule has 0 saturated heterocycles. The van der Waals surface area contributed by atoms with Crippen molar-refractivity contribution in [3.8, 4) is 0 Å². The molecule has 0 bridgehead atoms. The molecule has 0 saturated carbocycles. The molecule has 0 radical (unpaired) electrons. The number of hydrogen-bond acceptors (Lipinski definition) is 5. The van der Waals surface area contributed by atoms with Crippen molar-refractivity contribution in [1.29, 1.82) is 0 Å². The second-order valence-electron chi connectivity index (χ2n) is 6.66. The molecule has 4 rings (SSSR count). The lowest BCUT2D eigenvalue weighted by atomic mass is 9.98. The zero-order valence-corrected chi connectivity index (χ0v) is 14.4. The van der Waals surface area contributed by atoms with Gasteiger partial charge in [-0.05, 0) is 25.3 Å². The van der Waals surface area contributed by atoms with Crippen molar-refractivity contribution in [2.75, 3.05) is 6.54 Å². The maximum Gasteiger partial charge on any atom is 0.243 e. The topological polar surface area (TPSA) is 68.8 Å². The number of aryl methyl sites for hydroxylation is 1. The van der Waals surface area contributed by atoms with Crippen molar-refractivity contribution >= 4 is 0 Å². The Bertz CT molecular complexity index is 810. The summed E-state index contributed by atoms with van der Waals surface area (Å²) in [6.45, 7) is 4.01. The van der Waals surface area contributed by atoms with Crippen molar-refractivity contribution < 1.29 is 4.52 Å². The highest BCUT2D eigenvalue weighted by molar-refractivity contribution is 5.18. The molecule has 3 heterocycles. The maximum absolute atomic E-state index is 5.45. The Balaban J connectivity index is 1.35. The van der Waals surface area contributed by atoms with E-state index in [-0.39, 0.29) is 6.04 Å². The van der Waals surface area contributed by atoms with E-state index >= 15 is 0 Å². The van der Waals surface area contributed by atoms with Crippen LogP contribution in [0.3, 0.4) is 0 Å². The van der Waals surface area contributed by atoms with Crippen LogP contribution in [-0.2, 0) is 13.0 Å². The number of nitrogens with one attached hydrogen (secondary N) is 1. The van der Waals surface area contributed by atoms with E-state index in [1.54, 1.807) is 0 Å². The molecule has 130 valence electrons. The van der Waals surface area contributed by atoms with E-state index in [0.29, 0.717) is 18.2 Å². The quantitative estimate of drug-likeness (QED) is 0.748. The minimum atomic E-state index is 0.0300. The zero-order chi connectivity index (χ0) is 17.1. The number of rotatable bonds is 6. The molecule has 0 spiro atoms. The minimum Gasteiger partial charge on any atom is -0.338 e. The first-order valence-corrected chi connectivity index (χ1v) is 8.90. The molecule has 0 unspecified atom stereocenters. The van der Waals surface area contributed by atoms with Gasteiger partial charge < -0.3 is 14.4 Å². The van der Waals surface area contributed by atoms with Gasteiger partial charge in [0.15, 0.2) is 5.82 Å². The van der Waals surface area contributed by atoms with Crippen molar-refractivity contribution in [2.45, 2.75) is 44.7 Å². The van der Waals surface area contributed by atoms with E-state index in [9.17, 15) is 0 Å². The number of nitrogens with zero attached hydrogens (tertiary/aromatic N) is 4. The Hall–Kier alpha value is -2.47. The molecule has 1 aromatic carbocycles. The lowest BCUT2D eigenvalue weighted by Gasteiger charge is -2.24. The lowest BCUT2D eigenvalue weighted by molar-refractivity contribution is 0.326. The fourth-order valence-corrected chi connectivity index (χ4v) is 3.40. The lowest BCUT2D eigenvalue weighted by Crippen LogP contribution is -2.28.